The summed E-state index contributed by atoms with van der Waals surface area (Å²) in [4.78, 5) is 14.9. The Kier molecular flexibility index (Phi) is 5.30. The normalized spacial score (nSPS) is 24.3. The predicted octanol–water partition coefficient (Wildman–Crippen LogP) is 3.98. The van der Waals surface area contributed by atoms with Gasteiger partial charge in [0.25, 0.3) is 0 Å². The van der Waals surface area contributed by atoms with Crippen molar-refractivity contribution in [2.24, 2.45) is 5.41 Å². The van der Waals surface area contributed by atoms with Crippen molar-refractivity contribution in [3.8, 4) is 0 Å². The summed E-state index contributed by atoms with van der Waals surface area (Å²) in [6.45, 7) is 0.389. The van der Waals surface area contributed by atoms with Crippen LogP contribution in [0.2, 0.25) is 0 Å². The molecule has 1 unspecified atom stereocenters. The first kappa shape index (κ1) is 19.2. The molecule has 1 heterocycles. The van der Waals surface area contributed by atoms with Crippen molar-refractivity contribution < 1.29 is 27.8 Å². The van der Waals surface area contributed by atoms with Crippen molar-refractivity contribution in [2.45, 2.75) is 56.8 Å². The van der Waals surface area contributed by atoms with Gasteiger partial charge in [-0.15, -0.1) is 0 Å². The van der Waals surface area contributed by atoms with Crippen molar-refractivity contribution in [3.05, 3.63) is 29.8 Å². The van der Waals surface area contributed by atoms with Gasteiger partial charge in [-0.25, -0.2) is 0 Å². The summed E-state index contributed by atoms with van der Waals surface area (Å²) in [5.41, 5.74) is -0.0489. The Morgan fingerprint density at radius 2 is 1.85 bits per heavy atom. The number of carbonyl (C=O) groups excluding carboxylic acids is 1. The Labute approximate surface area is 150 Å². The first-order chi connectivity index (χ1) is 12.3. The quantitative estimate of drug-likeness (QED) is 0.871. The molecule has 2 aliphatic rings. The molecule has 0 radical (unpaired) electrons. The molecule has 1 saturated carbocycles. The number of hydrogen-bond acceptors (Lipinski definition) is 3. The fraction of sp³-hybridized carbons (Fsp3) is 0.632. The van der Waals surface area contributed by atoms with Gasteiger partial charge >= 0.3 is 6.18 Å². The molecule has 1 N–H and O–H groups in total. The Balaban J connectivity index is 1.87. The zero-order valence-electron chi connectivity index (χ0n) is 14.8. The van der Waals surface area contributed by atoms with Crippen LogP contribution in [-0.4, -0.2) is 36.9 Å². The van der Waals surface area contributed by atoms with Gasteiger partial charge in [0, 0.05) is 12.8 Å². The van der Waals surface area contributed by atoms with E-state index in [1.54, 1.807) is 12.0 Å². The van der Waals surface area contributed by atoms with E-state index in [1.165, 1.54) is 24.3 Å². The van der Waals surface area contributed by atoms with Crippen LogP contribution in [0.4, 0.5) is 18.9 Å². The molecule has 1 aromatic carbocycles. The Hall–Kier alpha value is -1.60. The molecule has 1 aromatic rings. The summed E-state index contributed by atoms with van der Waals surface area (Å²) >= 11 is 0. The van der Waals surface area contributed by atoms with E-state index in [4.69, 9.17) is 4.74 Å². The molecule has 2 atom stereocenters. The summed E-state index contributed by atoms with van der Waals surface area (Å²) in [6, 6.07) is 5.30. The average Bonchev–Trinajstić information content (AvgIpc) is 2.86. The number of anilines is 1. The van der Waals surface area contributed by atoms with E-state index in [0.717, 1.165) is 32.1 Å². The number of alkyl halides is 3. The number of hydrogen-bond donors (Lipinski definition) is 1. The lowest BCUT2D eigenvalue weighted by Crippen LogP contribution is -2.39. The highest BCUT2D eigenvalue weighted by atomic mass is 19.4. The molecule has 1 aliphatic heterocycles. The molecule has 4 nitrogen and oxygen atoms in total. The van der Waals surface area contributed by atoms with Crippen LogP contribution in [0.3, 0.4) is 0 Å². The summed E-state index contributed by atoms with van der Waals surface area (Å²) in [6.07, 6.45) is -1.63. The highest BCUT2D eigenvalue weighted by Gasteiger charge is 2.52. The lowest BCUT2D eigenvalue weighted by Gasteiger charge is -2.31. The highest BCUT2D eigenvalue weighted by Crippen LogP contribution is 2.48. The van der Waals surface area contributed by atoms with E-state index in [0.29, 0.717) is 18.7 Å². The monoisotopic (exact) mass is 371 g/mol. The number of nitrogens with zero attached hydrogens (tertiary/aromatic N) is 1. The lowest BCUT2D eigenvalue weighted by atomic mass is 9.72. The Morgan fingerprint density at radius 1 is 1.23 bits per heavy atom. The van der Waals surface area contributed by atoms with Crippen LogP contribution < -0.4 is 4.90 Å². The summed E-state index contributed by atoms with van der Waals surface area (Å²) in [7, 11) is 1.58. The van der Waals surface area contributed by atoms with E-state index in [9.17, 15) is 23.1 Å². The molecule has 1 aliphatic carbocycles. The number of aliphatic hydroxyl groups excluding tert-OH is 1. The van der Waals surface area contributed by atoms with Crippen LogP contribution in [0.1, 0.15) is 50.2 Å². The molecule has 26 heavy (non-hydrogen) atoms. The molecule has 0 bridgehead atoms. The van der Waals surface area contributed by atoms with E-state index in [2.05, 4.69) is 0 Å². The van der Waals surface area contributed by atoms with E-state index in [1.807, 2.05) is 0 Å². The molecular weight excluding hydrogens is 347 g/mol. The maximum atomic E-state index is 13.2. The van der Waals surface area contributed by atoms with Gasteiger partial charge in [0.1, 0.15) is 0 Å². The van der Waals surface area contributed by atoms with E-state index in [-0.39, 0.29) is 22.9 Å². The number of halogens is 3. The maximum Gasteiger partial charge on any atom is 0.418 e. The largest absolute Gasteiger partial charge is 0.418 e. The molecular formula is C19H24F3NO3. The number of aliphatic hydroxyl groups is 1. The van der Waals surface area contributed by atoms with Gasteiger partial charge < -0.3 is 14.7 Å². The van der Waals surface area contributed by atoms with Crippen LogP contribution in [0.15, 0.2) is 24.3 Å². The summed E-state index contributed by atoms with van der Waals surface area (Å²) in [5.74, 6) is 0.0448. The van der Waals surface area contributed by atoms with Crippen molar-refractivity contribution in [3.63, 3.8) is 0 Å². The fourth-order valence-corrected chi connectivity index (χ4v) is 4.36. The zero-order chi connectivity index (χ0) is 18.9. The van der Waals surface area contributed by atoms with Crippen LogP contribution in [0.25, 0.3) is 0 Å². The fourth-order valence-electron chi connectivity index (χ4n) is 4.36. The number of carbonyl (C=O) groups is 1. The minimum atomic E-state index is -4.71. The Bertz CT molecular complexity index is 638. The standard InChI is InChI=1S/C19H24F3NO3/c1-26-12-15-11-18(9-3-2-4-10-18)17(25)23(15)14-7-5-13(6-8-14)16(24)19(20,21)22/h5-8,15-16,24H,2-4,9-12H2,1H3/t15?,16-/m1/s1. The third kappa shape index (κ3) is 3.47. The number of ether oxygens (including phenoxy) is 1. The van der Waals surface area contributed by atoms with Crippen molar-refractivity contribution in [1.29, 1.82) is 0 Å². The minimum Gasteiger partial charge on any atom is -0.383 e. The van der Waals surface area contributed by atoms with Crippen LogP contribution in [0, 0.1) is 5.41 Å². The molecule has 0 aromatic heterocycles. The smallest absolute Gasteiger partial charge is 0.383 e. The number of amides is 1. The molecule has 1 amide bonds. The molecule has 1 saturated heterocycles. The van der Waals surface area contributed by atoms with Gasteiger partial charge in [0.05, 0.1) is 18.1 Å². The third-order valence-electron chi connectivity index (χ3n) is 5.63. The second-order valence-electron chi connectivity index (χ2n) is 7.37. The zero-order valence-corrected chi connectivity index (χ0v) is 14.8. The lowest BCUT2D eigenvalue weighted by molar-refractivity contribution is -0.206. The third-order valence-corrected chi connectivity index (χ3v) is 5.63. The van der Waals surface area contributed by atoms with E-state index < -0.39 is 12.3 Å². The van der Waals surface area contributed by atoms with Crippen LogP contribution >= 0.6 is 0 Å². The van der Waals surface area contributed by atoms with Gasteiger partial charge in [0.15, 0.2) is 6.10 Å². The van der Waals surface area contributed by atoms with E-state index >= 15 is 0 Å². The van der Waals surface area contributed by atoms with Gasteiger partial charge in [-0.1, -0.05) is 31.4 Å². The molecule has 144 valence electrons. The van der Waals surface area contributed by atoms with Crippen LogP contribution in [-0.2, 0) is 9.53 Å². The molecule has 2 fully saturated rings. The number of methoxy groups -OCH3 is 1. The van der Waals surface area contributed by atoms with Crippen molar-refractivity contribution >= 4 is 11.6 Å². The average molecular weight is 371 g/mol. The first-order valence-electron chi connectivity index (χ1n) is 8.96. The first-order valence-corrected chi connectivity index (χ1v) is 8.96. The van der Waals surface area contributed by atoms with Crippen molar-refractivity contribution in [2.75, 3.05) is 18.6 Å². The highest BCUT2D eigenvalue weighted by molar-refractivity contribution is 6.00. The predicted molar refractivity (Wildman–Crippen MR) is 90.7 cm³/mol. The van der Waals surface area contributed by atoms with Gasteiger partial charge in [-0.2, -0.15) is 13.2 Å². The van der Waals surface area contributed by atoms with Gasteiger partial charge in [-0.05, 0) is 37.0 Å². The van der Waals surface area contributed by atoms with Gasteiger partial charge in [-0.3, -0.25) is 4.79 Å². The summed E-state index contributed by atoms with van der Waals surface area (Å²) in [5, 5.41) is 9.37. The Morgan fingerprint density at radius 3 is 2.38 bits per heavy atom. The topological polar surface area (TPSA) is 49.8 Å². The van der Waals surface area contributed by atoms with Crippen LogP contribution in [0.5, 0.6) is 0 Å². The SMILES string of the molecule is COCC1CC2(CCCCC2)C(=O)N1c1ccc([C@@H](O)C(F)(F)F)cc1. The maximum absolute atomic E-state index is 13.2. The molecule has 7 heteroatoms. The second kappa shape index (κ2) is 7.19. The molecule has 1 spiro atoms. The van der Waals surface area contributed by atoms with Crippen molar-refractivity contribution in [1.82, 2.24) is 0 Å². The second-order valence-corrected chi connectivity index (χ2v) is 7.37. The van der Waals surface area contributed by atoms with Gasteiger partial charge in [0.2, 0.25) is 5.91 Å². The number of rotatable bonds is 4. The molecule has 3 rings (SSSR count). The number of benzene rings is 1. The summed E-state index contributed by atoms with van der Waals surface area (Å²) < 4.78 is 43.3. The minimum absolute atomic E-state index is 0.0448.